The van der Waals surface area contributed by atoms with Gasteiger partial charge in [0.1, 0.15) is 5.92 Å². The van der Waals surface area contributed by atoms with Gasteiger partial charge >= 0.3 is 12.0 Å². The molecule has 0 aliphatic carbocycles. The van der Waals surface area contributed by atoms with Gasteiger partial charge in [0.15, 0.2) is 0 Å². The van der Waals surface area contributed by atoms with Crippen LogP contribution < -0.4 is 5.32 Å². The molecule has 7 heteroatoms. The van der Waals surface area contributed by atoms with Gasteiger partial charge < -0.3 is 24.8 Å². The Bertz CT molecular complexity index is 349. The third-order valence-corrected chi connectivity index (χ3v) is 3.71. The van der Waals surface area contributed by atoms with Crippen LogP contribution >= 0.6 is 0 Å². The maximum absolute atomic E-state index is 12.1. The molecule has 7 nitrogen and oxygen atoms in total. The summed E-state index contributed by atoms with van der Waals surface area (Å²) >= 11 is 0. The Morgan fingerprint density at radius 2 is 2.21 bits per heavy atom. The van der Waals surface area contributed by atoms with Gasteiger partial charge in [-0.1, -0.05) is 0 Å². The van der Waals surface area contributed by atoms with Crippen molar-refractivity contribution in [2.75, 3.05) is 33.4 Å². The third-order valence-electron chi connectivity index (χ3n) is 3.71. The van der Waals surface area contributed by atoms with Crippen LogP contribution in [0.25, 0.3) is 0 Å². The monoisotopic (exact) mass is 272 g/mol. The minimum absolute atomic E-state index is 0.0644. The minimum atomic E-state index is -0.934. The molecule has 0 spiro atoms. The molecule has 2 fully saturated rings. The Morgan fingerprint density at radius 3 is 2.89 bits per heavy atom. The molecule has 108 valence electrons. The van der Waals surface area contributed by atoms with Crippen LogP contribution in [0.4, 0.5) is 4.79 Å². The summed E-state index contributed by atoms with van der Waals surface area (Å²) in [5.41, 5.74) is 0. The van der Waals surface area contributed by atoms with Crippen molar-refractivity contribution in [1.82, 2.24) is 10.2 Å². The molecule has 3 atom stereocenters. The quantitative estimate of drug-likeness (QED) is 0.749. The summed E-state index contributed by atoms with van der Waals surface area (Å²) < 4.78 is 10.4. The van der Waals surface area contributed by atoms with Crippen LogP contribution in [0.2, 0.25) is 0 Å². The molecule has 2 aliphatic rings. The van der Waals surface area contributed by atoms with Crippen molar-refractivity contribution in [3.8, 4) is 0 Å². The first kappa shape index (κ1) is 14.1. The molecule has 0 radical (unpaired) electrons. The van der Waals surface area contributed by atoms with Crippen LogP contribution in [0.15, 0.2) is 0 Å². The lowest BCUT2D eigenvalue weighted by molar-refractivity contribution is -0.142. The smallest absolute Gasteiger partial charge is 0.317 e. The average Bonchev–Trinajstić information content (AvgIpc) is 2.87. The van der Waals surface area contributed by atoms with Crippen LogP contribution in [0.5, 0.6) is 0 Å². The first-order valence-electron chi connectivity index (χ1n) is 6.50. The maximum Gasteiger partial charge on any atom is 0.317 e. The SMILES string of the molecule is COC1CCCN(C(=O)NC2COCC2C(=O)O)C1. The number of likely N-dealkylation sites (tertiary alicyclic amines) is 1. The number of hydrogen-bond donors (Lipinski definition) is 2. The highest BCUT2D eigenvalue weighted by atomic mass is 16.5. The van der Waals surface area contributed by atoms with E-state index in [0.717, 1.165) is 12.8 Å². The molecule has 0 aromatic rings. The number of ether oxygens (including phenoxy) is 2. The van der Waals surface area contributed by atoms with Crippen molar-refractivity contribution in [2.24, 2.45) is 5.92 Å². The Balaban J connectivity index is 1.88. The Kier molecular flexibility index (Phi) is 4.60. The standard InChI is InChI=1S/C12H20N2O5/c1-18-8-3-2-4-14(5-8)12(17)13-10-7-19-6-9(10)11(15)16/h8-10H,2-7H2,1H3,(H,13,17)(H,15,16). The highest BCUT2D eigenvalue weighted by molar-refractivity contribution is 5.77. The number of methoxy groups -OCH3 is 1. The highest BCUT2D eigenvalue weighted by Crippen LogP contribution is 2.16. The van der Waals surface area contributed by atoms with Gasteiger partial charge in [0, 0.05) is 20.2 Å². The number of nitrogens with zero attached hydrogens (tertiary/aromatic N) is 1. The largest absolute Gasteiger partial charge is 0.481 e. The number of nitrogens with one attached hydrogen (secondary N) is 1. The summed E-state index contributed by atoms with van der Waals surface area (Å²) in [5.74, 6) is -1.59. The van der Waals surface area contributed by atoms with Crippen LogP contribution in [0, 0.1) is 5.92 Å². The summed E-state index contributed by atoms with van der Waals surface area (Å²) in [7, 11) is 1.64. The summed E-state index contributed by atoms with van der Waals surface area (Å²) in [6.45, 7) is 1.63. The summed E-state index contributed by atoms with van der Waals surface area (Å²) in [6, 6.07) is -0.684. The molecule has 2 saturated heterocycles. The normalized spacial score (nSPS) is 31.2. The average molecular weight is 272 g/mol. The lowest BCUT2D eigenvalue weighted by Gasteiger charge is -2.33. The van der Waals surface area contributed by atoms with Gasteiger partial charge in [-0.3, -0.25) is 4.79 Å². The number of amides is 2. The van der Waals surface area contributed by atoms with Crippen molar-refractivity contribution in [3.63, 3.8) is 0 Å². The lowest BCUT2D eigenvalue weighted by Crippen LogP contribution is -2.52. The highest BCUT2D eigenvalue weighted by Gasteiger charge is 2.36. The molecule has 0 saturated carbocycles. The van der Waals surface area contributed by atoms with E-state index in [9.17, 15) is 9.59 Å². The predicted octanol–water partition coefficient (Wildman–Crippen LogP) is -0.0936. The molecule has 0 aromatic carbocycles. The van der Waals surface area contributed by atoms with Crippen LogP contribution in [-0.2, 0) is 14.3 Å². The first-order chi connectivity index (χ1) is 9.11. The number of carboxylic acids is 1. The Labute approximate surface area is 111 Å². The van der Waals surface area contributed by atoms with E-state index in [1.165, 1.54) is 0 Å². The molecular formula is C12H20N2O5. The van der Waals surface area contributed by atoms with Gasteiger partial charge in [0.05, 0.1) is 25.4 Å². The number of carbonyl (C=O) groups is 2. The van der Waals surface area contributed by atoms with Crippen LogP contribution in [0.3, 0.4) is 0 Å². The Hall–Kier alpha value is -1.34. The van der Waals surface area contributed by atoms with Crippen molar-refractivity contribution >= 4 is 12.0 Å². The second-order valence-electron chi connectivity index (χ2n) is 4.98. The molecule has 2 heterocycles. The van der Waals surface area contributed by atoms with Gasteiger partial charge in [-0.2, -0.15) is 0 Å². The molecular weight excluding hydrogens is 252 g/mol. The zero-order valence-corrected chi connectivity index (χ0v) is 11.0. The van der Waals surface area contributed by atoms with Gasteiger partial charge in [-0.05, 0) is 12.8 Å². The summed E-state index contributed by atoms with van der Waals surface area (Å²) in [6.07, 6.45) is 1.91. The number of aliphatic carboxylic acids is 1. The van der Waals surface area contributed by atoms with Gasteiger partial charge in [0.25, 0.3) is 0 Å². The van der Waals surface area contributed by atoms with E-state index in [2.05, 4.69) is 5.32 Å². The number of carboxylic acid groups (broad SMARTS) is 1. The fourth-order valence-corrected chi connectivity index (χ4v) is 2.50. The lowest BCUT2D eigenvalue weighted by atomic mass is 10.0. The first-order valence-corrected chi connectivity index (χ1v) is 6.50. The zero-order chi connectivity index (χ0) is 13.8. The molecule has 2 aliphatic heterocycles. The van der Waals surface area contributed by atoms with Crippen molar-refractivity contribution in [2.45, 2.75) is 25.0 Å². The van der Waals surface area contributed by atoms with Crippen molar-refractivity contribution in [1.29, 1.82) is 0 Å². The predicted molar refractivity (Wildman–Crippen MR) is 65.9 cm³/mol. The molecule has 19 heavy (non-hydrogen) atoms. The van der Waals surface area contributed by atoms with E-state index in [1.807, 2.05) is 0 Å². The van der Waals surface area contributed by atoms with Crippen molar-refractivity contribution in [3.05, 3.63) is 0 Å². The van der Waals surface area contributed by atoms with Gasteiger partial charge in [-0.25, -0.2) is 4.79 Å². The number of rotatable bonds is 3. The second-order valence-corrected chi connectivity index (χ2v) is 4.98. The van der Waals surface area contributed by atoms with Gasteiger partial charge in [0.2, 0.25) is 0 Å². The minimum Gasteiger partial charge on any atom is -0.481 e. The molecule has 2 N–H and O–H groups in total. The van der Waals surface area contributed by atoms with Crippen LogP contribution in [0.1, 0.15) is 12.8 Å². The number of carbonyl (C=O) groups excluding carboxylic acids is 1. The van der Waals surface area contributed by atoms with E-state index in [0.29, 0.717) is 13.1 Å². The number of urea groups is 1. The van der Waals surface area contributed by atoms with Gasteiger partial charge in [-0.15, -0.1) is 0 Å². The van der Waals surface area contributed by atoms with E-state index >= 15 is 0 Å². The zero-order valence-electron chi connectivity index (χ0n) is 11.0. The van der Waals surface area contributed by atoms with Crippen LogP contribution in [-0.4, -0.2) is 67.6 Å². The molecule has 2 rings (SSSR count). The number of piperidine rings is 1. The molecule has 0 aromatic heterocycles. The van der Waals surface area contributed by atoms with E-state index in [-0.39, 0.29) is 25.3 Å². The summed E-state index contributed by atoms with van der Waals surface area (Å²) in [4.78, 5) is 24.8. The molecule has 3 unspecified atom stereocenters. The van der Waals surface area contributed by atoms with E-state index in [1.54, 1.807) is 12.0 Å². The fraction of sp³-hybridized carbons (Fsp3) is 0.833. The summed E-state index contributed by atoms with van der Waals surface area (Å²) in [5, 5.41) is 11.8. The van der Waals surface area contributed by atoms with E-state index < -0.39 is 17.9 Å². The third kappa shape index (κ3) is 3.36. The van der Waals surface area contributed by atoms with Crippen molar-refractivity contribution < 1.29 is 24.2 Å². The number of hydrogen-bond acceptors (Lipinski definition) is 4. The fourth-order valence-electron chi connectivity index (χ4n) is 2.50. The molecule has 2 amide bonds. The Morgan fingerprint density at radius 1 is 1.42 bits per heavy atom. The maximum atomic E-state index is 12.1. The topological polar surface area (TPSA) is 88.1 Å². The second kappa shape index (κ2) is 6.21. The van der Waals surface area contributed by atoms with E-state index in [4.69, 9.17) is 14.6 Å². The molecule has 0 bridgehead atoms.